The highest BCUT2D eigenvalue weighted by atomic mass is 19.1. The molecule has 1 atom stereocenters. The number of carbonyl (C=O) groups excluding carboxylic acids is 1. The normalized spacial score (nSPS) is 22.6. The summed E-state index contributed by atoms with van der Waals surface area (Å²) in [6.07, 6.45) is 6.68. The van der Waals surface area contributed by atoms with Crippen molar-refractivity contribution in [1.29, 1.82) is 0 Å². The Morgan fingerprint density at radius 3 is 2.77 bits per heavy atom. The van der Waals surface area contributed by atoms with Gasteiger partial charge in [-0.3, -0.25) is 14.9 Å². The van der Waals surface area contributed by atoms with E-state index in [1.54, 1.807) is 11.5 Å². The molecule has 1 fully saturated rings. The number of fused-ring (bicyclic) bond motifs is 1. The van der Waals surface area contributed by atoms with Crippen LogP contribution in [0.2, 0.25) is 0 Å². The lowest BCUT2D eigenvalue weighted by atomic mass is 9.89. The van der Waals surface area contributed by atoms with Gasteiger partial charge in [-0.1, -0.05) is 19.8 Å². The molecule has 0 spiro atoms. The molecule has 1 amide bonds. The van der Waals surface area contributed by atoms with Crippen LogP contribution in [-0.4, -0.2) is 28.1 Å². The minimum absolute atomic E-state index is 0.181. The van der Waals surface area contributed by atoms with Gasteiger partial charge in [0.2, 0.25) is 0 Å². The summed E-state index contributed by atoms with van der Waals surface area (Å²) in [7, 11) is 0. The molecule has 1 aromatic rings. The summed E-state index contributed by atoms with van der Waals surface area (Å²) in [4.78, 5) is 14.1. The molecule has 1 aromatic carbocycles. The highest BCUT2D eigenvalue weighted by Gasteiger charge is 2.33. The Kier molecular flexibility index (Phi) is 4.45. The van der Waals surface area contributed by atoms with Crippen LogP contribution in [0.4, 0.5) is 4.39 Å². The Balaban J connectivity index is 1.93. The third-order valence-electron chi connectivity index (χ3n) is 5.18. The minimum Gasteiger partial charge on any atom is -0.293 e. The molecular formula is C17H23FN2O2. The number of hydrogen-bond acceptors (Lipinski definition) is 3. The van der Waals surface area contributed by atoms with Crippen molar-refractivity contribution in [3.8, 4) is 0 Å². The lowest BCUT2D eigenvalue weighted by Gasteiger charge is -2.40. The molecule has 0 unspecified atom stereocenters. The minimum atomic E-state index is -0.660. The number of amides is 1. The van der Waals surface area contributed by atoms with Crippen LogP contribution >= 0.6 is 0 Å². The van der Waals surface area contributed by atoms with Gasteiger partial charge in [-0.2, -0.15) is 0 Å². The number of carbonyl (C=O) groups is 1. The van der Waals surface area contributed by atoms with E-state index in [0.29, 0.717) is 25.0 Å². The average Bonchev–Trinajstić information content (AvgIpc) is 3.07. The number of hydrogen-bond donors (Lipinski definition) is 2. The van der Waals surface area contributed by atoms with E-state index < -0.39 is 5.91 Å². The highest BCUT2D eigenvalue weighted by Crippen LogP contribution is 2.34. The Morgan fingerprint density at radius 1 is 1.41 bits per heavy atom. The predicted octanol–water partition coefficient (Wildman–Crippen LogP) is 3.02. The fraction of sp³-hybridized carbons (Fsp3) is 0.588. The molecule has 1 aliphatic heterocycles. The van der Waals surface area contributed by atoms with Crippen LogP contribution < -0.4 is 5.48 Å². The average molecular weight is 306 g/mol. The number of rotatable bonds is 3. The van der Waals surface area contributed by atoms with Crippen molar-refractivity contribution in [2.24, 2.45) is 0 Å². The van der Waals surface area contributed by atoms with E-state index in [9.17, 15) is 9.18 Å². The molecular weight excluding hydrogens is 283 g/mol. The highest BCUT2D eigenvalue weighted by molar-refractivity contribution is 5.93. The Bertz CT molecular complexity index is 570. The van der Waals surface area contributed by atoms with Gasteiger partial charge in [-0.05, 0) is 48.9 Å². The molecule has 2 N–H and O–H groups in total. The van der Waals surface area contributed by atoms with E-state index in [0.717, 1.165) is 17.5 Å². The Hall–Kier alpha value is -1.46. The summed E-state index contributed by atoms with van der Waals surface area (Å²) in [5.41, 5.74) is 3.38. The maximum atomic E-state index is 14.4. The van der Waals surface area contributed by atoms with Gasteiger partial charge in [0, 0.05) is 24.2 Å². The van der Waals surface area contributed by atoms with E-state index in [-0.39, 0.29) is 11.4 Å². The van der Waals surface area contributed by atoms with Gasteiger partial charge in [0.05, 0.1) is 0 Å². The van der Waals surface area contributed by atoms with E-state index >= 15 is 0 Å². The molecule has 0 radical (unpaired) electrons. The molecule has 1 aliphatic carbocycles. The number of nitrogens with zero attached hydrogens (tertiary/aromatic N) is 1. The second kappa shape index (κ2) is 6.34. The molecule has 4 nitrogen and oxygen atoms in total. The van der Waals surface area contributed by atoms with Crippen molar-refractivity contribution in [1.82, 2.24) is 10.4 Å². The summed E-state index contributed by atoms with van der Waals surface area (Å²) < 4.78 is 14.4. The predicted molar refractivity (Wildman–Crippen MR) is 81.2 cm³/mol. The van der Waals surface area contributed by atoms with Gasteiger partial charge in [0.1, 0.15) is 5.82 Å². The molecule has 0 bridgehead atoms. The van der Waals surface area contributed by atoms with Crippen molar-refractivity contribution in [2.45, 2.75) is 64.1 Å². The van der Waals surface area contributed by atoms with Gasteiger partial charge in [-0.15, -0.1) is 0 Å². The SMILES string of the molecule is CC[C@H]1Cc2c(F)cc(C(=O)NO)cc2CN1C1CCCC1. The van der Waals surface area contributed by atoms with Crippen LogP contribution in [-0.2, 0) is 13.0 Å². The zero-order valence-electron chi connectivity index (χ0n) is 12.9. The van der Waals surface area contributed by atoms with E-state index in [4.69, 9.17) is 5.21 Å². The number of halogens is 1. The summed E-state index contributed by atoms with van der Waals surface area (Å²) in [6, 6.07) is 3.90. The third kappa shape index (κ3) is 2.75. The summed E-state index contributed by atoms with van der Waals surface area (Å²) in [5, 5.41) is 8.76. The fourth-order valence-electron chi connectivity index (χ4n) is 3.98. The second-order valence-corrected chi connectivity index (χ2v) is 6.41. The van der Waals surface area contributed by atoms with Crippen LogP contribution in [0, 0.1) is 5.82 Å². The van der Waals surface area contributed by atoms with Gasteiger partial charge >= 0.3 is 0 Å². The monoisotopic (exact) mass is 306 g/mol. The van der Waals surface area contributed by atoms with Crippen LogP contribution in [0.15, 0.2) is 12.1 Å². The quantitative estimate of drug-likeness (QED) is 0.667. The summed E-state index contributed by atoms with van der Waals surface area (Å²) in [6.45, 7) is 2.85. The van der Waals surface area contributed by atoms with E-state index in [1.165, 1.54) is 31.7 Å². The van der Waals surface area contributed by atoms with Crippen molar-refractivity contribution in [3.05, 3.63) is 34.6 Å². The number of benzene rings is 1. The maximum Gasteiger partial charge on any atom is 0.274 e. The first-order valence-corrected chi connectivity index (χ1v) is 8.15. The summed E-state index contributed by atoms with van der Waals surface area (Å²) in [5.74, 6) is -0.993. The molecule has 0 aromatic heterocycles. The van der Waals surface area contributed by atoms with Crippen molar-refractivity contribution < 1.29 is 14.4 Å². The molecule has 5 heteroatoms. The fourth-order valence-corrected chi connectivity index (χ4v) is 3.98. The maximum absolute atomic E-state index is 14.4. The first-order valence-electron chi connectivity index (χ1n) is 8.15. The van der Waals surface area contributed by atoms with Crippen LogP contribution in [0.5, 0.6) is 0 Å². The van der Waals surface area contributed by atoms with E-state index in [1.807, 2.05) is 0 Å². The Morgan fingerprint density at radius 2 is 2.14 bits per heavy atom. The van der Waals surface area contributed by atoms with Gasteiger partial charge in [0.25, 0.3) is 5.91 Å². The Labute approximate surface area is 130 Å². The lowest BCUT2D eigenvalue weighted by molar-refractivity contribution is 0.0704. The van der Waals surface area contributed by atoms with Gasteiger partial charge in [-0.25, -0.2) is 9.87 Å². The second-order valence-electron chi connectivity index (χ2n) is 6.41. The lowest BCUT2D eigenvalue weighted by Crippen LogP contribution is -2.45. The topological polar surface area (TPSA) is 52.6 Å². The molecule has 0 saturated heterocycles. The zero-order valence-corrected chi connectivity index (χ0v) is 12.9. The standard InChI is InChI=1S/C17H23FN2O2/c1-2-13-9-15-12(10-20(13)14-5-3-4-6-14)7-11(8-16(15)18)17(21)19-22/h7-8,13-14,22H,2-6,9-10H2,1H3,(H,19,21)/t13-/m0/s1. The van der Waals surface area contributed by atoms with E-state index in [2.05, 4.69) is 11.8 Å². The smallest absolute Gasteiger partial charge is 0.274 e. The van der Waals surface area contributed by atoms with Crippen LogP contribution in [0.3, 0.4) is 0 Å². The molecule has 2 aliphatic rings. The first kappa shape index (κ1) is 15.4. The molecule has 22 heavy (non-hydrogen) atoms. The van der Waals surface area contributed by atoms with Crippen molar-refractivity contribution in [2.75, 3.05) is 0 Å². The number of hydroxylamine groups is 1. The van der Waals surface area contributed by atoms with Crippen LogP contribution in [0.1, 0.15) is 60.5 Å². The van der Waals surface area contributed by atoms with Crippen molar-refractivity contribution >= 4 is 5.91 Å². The van der Waals surface area contributed by atoms with Crippen molar-refractivity contribution in [3.63, 3.8) is 0 Å². The molecule has 3 rings (SSSR count). The largest absolute Gasteiger partial charge is 0.293 e. The third-order valence-corrected chi connectivity index (χ3v) is 5.18. The van der Waals surface area contributed by atoms with Crippen LogP contribution in [0.25, 0.3) is 0 Å². The first-order chi connectivity index (χ1) is 10.6. The number of nitrogens with one attached hydrogen (secondary N) is 1. The summed E-state index contributed by atoms with van der Waals surface area (Å²) >= 11 is 0. The zero-order chi connectivity index (χ0) is 15.7. The van der Waals surface area contributed by atoms with Gasteiger partial charge in [0.15, 0.2) is 0 Å². The molecule has 1 saturated carbocycles. The molecule has 1 heterocycles. The molecule has 120 valence electrons. The van der Waals surface area contributed by atoms with Gasteiger partial charge < -0.3 is 0 Å².